The fourth-order valence-corrected chi connectivity index (χ4v) is 3.07. The van der Waals surface area contributed by atoms with Gasteiger partial charge >= 0.3 is 0 Å². The van der Waals surface area contributed by atoms with Crippen LogP contribution in [0.2, 0.25) is 5.02 Å². The van der Waals surface area contributed by atoms with Gasteiger partial charge in [-0.15, -0.1) is 0 Å². The normalized spacial score (nSPS) is 15.7. The van der Waals surface area contributed by atoms with Gasteiger partial charge in [0.05, 0.1) is 14.2 Å². The zero-order chi connectivity index (χ0) is 18.1. The lowest BCUT2D eigenvalue weighted by atomic mass is 10.0. The molecular weight excluding hydrogens is 354 g/mol. The smallest absolute Gasteiger partial charge is 0.248 e. The van der Waals surface area contributed by atoms with Gasteiger partial charge in [0, 0.05) is 16.3 Å². The average Bonchev–Trinajstić information content (AvgIpc) is 3.16. The number of ether oxygens (including phenoxy) is 2. The zero-order valence-electron chi connectivity index (χ0n) is 14.2. The van der Waals surface area contributed by atoms with Crippen molar-refractivity contribution in [2.75, 3.05) is 19.5 Å². The maximum atomic E-state index is 6.00. The predicted octanol–water partition coefficient (Wildman–Crippen LogP) is 3.40. The molecule has 2 aromatic carbocycles. The number of rotatable bonds is 4. The minimum atomic E-state index is -0.253. The van der Waals surface area contributed by atoms with E-state index in [1.165, 1.54) is 0 Å². The number of benzene rings is 2. The van der Waals surface area contributed by atoms with Crippen molar-refractivity contribution in [2.45, 2.75) is 6.04 Å². The number of allylic oxidation sites excluding steroid dienone is 1. The molecule has 0 saturated heterocycles. The van der Waals surface area contributed by atoms with Crippen molar-refractivity contribution >= 4 is 23.2 Å². The summed E-state index contributed by atoms with van der Waals surface area (Å²) in [6, 6.07) is 13.0. The van der Waals surface area contributed by atoms with E-state index in [9.17, 15) is 0 Å². The van der Waals surface area contributed by atoms with Crippen LogP contribution in [0.25, 0.3) is 5.70 Å². The van der Waals surface area contributed by atoms with Gasteiger partial charge in [-0.25, -0.2) is 0 Å². The van der Waals surface area contributed by atoms with E-state index in [4.69, 9.17) is 21.1 Å². The molecule has 1 aliphatic heterocycles. The van der Waals surface area contributed by atoms with Gasteiger partial charge < -0.3 is 14.8 Å². The topological polar surface area (TPSA) is 74.1 Å². The van der Waals surface area contributed by atoms with E-state index in [1.54, 1.807) is 18.9 Å². The summed E-state index contributed by atoms with van der Waals surface area (Å²) in [5.41, 5.74) is 2.77. The molecule has 0 unspecified atom stereocenters. The Bertz CT molecular complexity index is 968. The Hall–Kier alpha value is -3.06. The van der Waals surface area contributed by atoms with Gasteiger partial charge in [0.1, 0.15) is 17.5 Å². The maximum absolute atomic E-state index is 6.00. The van der Waals surface area contributed by atoms with Crippen LogP contribution in [0.3, 0.4) is 0 Å². The van der Waals surface area contributed by atoms with Gasteiger partial charge in [-0.1, -0.05) is 28.8 Å². The largest absolute Gasteiger partial charge is 0.497 e. The van der Waals surface area contributed by atoms with E-state index in [1.807, 2.05) is 48.5 Å². The summed E-state index contributed by atoms with van der Waals surface area (Å²) in [5, 5.41) is 15.9. The minimum Gasteiger partial charge on any atom is -0.497 e. The molecule has 26 heavy (non-hydrogen) atoms. The highest BCUT2D eigenvalue weighted by Gasteiger charge is 2.27. The van der Waals surface area contributed by atoms with Crippen LogP contribution in [-0.4, -0.2) is 34.4 Å². The lowest BCUT2D eigenvalue weighted by Gasteiger charge is -2.25. The van der Waals surface area contributed by atoms with Gasteiger partial charge in [-0.2, -0.15) is 4.68 Å². The average molecular weight is 370 g/mol. The number of anilines is 1. The summed E-state index contributed by atoms with van der Waals surface area (Å²) in [4.78, 5) is 0. The lowest BCUT2D eigenvalue weighted by Crippen LogP contribution is -2.20. The fourth-order valence-electron chi connectivity index (χ4n) is 2.94. The van der Waals surface area contributed by atoms with Crippen LogP contribution in [0, 0.1) is 0 Å². The molecule has 4 rings (SSSR count). The first-order valence-corrected chi connectivity index (χ1v) is 8.32. The second-order valence-electron chi connectivity index (χ2n) is 5.71. The number of fused-ring (bicyclic) bond motifs is 1. The van der Waals surface area contributed by atoms with Gasteiger partial charge in [-0.05, 0) is 52.4 Å². The summed E-state index contributed by atoms with van der Waals surface area (Å²) in [6.45, 7) is 0. The molecule has 0 aliphatic carbocycles. The van der Waals surface area contributed by atoms with E-state index in [2.05, 4.69) is 20.8 Å². The predicted molar refractivity (Wildman–Crippen MR) is 98.6 cm³/mol. The first kappa shape index (κ1) is 16.4. The minimum absolute atomic E-state index is 0.253. The van der Waals surface area contributed by atoms with Crippen molar-refractivity contribution in [3.05, 3.63) is 64.7 Å². The van der Waals surface area contributed by atoms with Crippen LogP contribution < -0.4 is 14.8 Å². The van der Waals surface area contributed by atoms with Crippen LogP contribution >= 0.6 is 11.6 Å². The molecule has 3 aromatic rings. The number of halogens is 1. The Balaban J connectivity index is 1.85. The van der Waals surface area contributed by atoms with Crippen LogP contribution in [0.1, 0.15) is 17.2 Å². The molecule has 0 radical (unpaired) electrons. The Kier molecular flexibility index (Phi) is 4.22. The number of hydrogen-bond acceptors (Lipinski definition) is 6. The number of hydrogen-bond donors (Lipinski definition) is 1. The highest BCUT2D eigenvalue weighted by molar-refractivity contribution is 6.30. The Morgan fingerprint density at radius 2 is 1.88 bits per heavy atom. The van der Waals surface area contributed by atoms with Crippen molar-refractivity contribution in [3.63, 3.8) is 0 Å². The highest BCUT2D eigenvalue weighted by atomic mass is 35.5. The molecule has 0 spiro atoms. The summed E-state index contributed by atoms with van der Waals surface area (Å²) in [5.74, 6) is 2.01. The van der Waals surface area contributed by atoms with Crippen molar-refractivity contribution in [3.8, 4) is 11.5 Å². The van der Waals surface area contributed by atoms with Crippen molar-refractivity contribution in [2.24, 2.45) is 0 Å². The third kappa shape index (κ3) is 2.86. The SMILES string of the molecule is COc1ccc(OC)c([C@@H]2C=C(c3ccc(Cl)cc3)Nc3nnnn32)c1. The molecule has 0 amide bonds. The number of nitrogens with zero attached hydrogens (tertiary/aromatic N) is 4. The third-order valence-electron chi connectivity index (χ3n) is 4.24. The molecule has 0 fully saturated rings. The van der Waals surface area contributed by atoms with E-state index >= 15 is 0 Å². The van der Waals surface area contributed by atoms with Crippen molar-refractivity contribution in [1.82, 2.24) is 20.2 Å². The molecule has 2 heterocycles. The maximum Gasteiger partial charge on any atom is 0.248 e. The van der Waals surface area contributed by atoms with Gasteiger partial charge in [0.25, 0.3) is 0 Å². The van der Waals surface area contributed by atoms with Crippen LogP contribution in [0.5, 0.6) is 11.5 Å². The van der Waals surface area contributed by atoms with E-state index in [-0.39, 0.29) is 6.04 Å². The quantitative estimate of drug-likeness (QED) is 0.759. The molecule has 1 aliphatic rings. The zero-order valence-corrected chi connectivity index (χ0v) is 14.9. The molecule has 0 bridgehead atoms. The molecule has 1 N–H and O–H groups in total. The molecule has 7 nitrogen and oxygen atoms in total. The van der Waals surface area contributed by atoms with Crippen LogP contribution in [0.15, 0.2) is 48.5 Å². The standard InChI is InChI=1S/C18H16ClN5O2/c1-25-13-7-8-17(26-2)14(9-13)16-10-15(11-3-5-12(19)6-4-11)20-18-21-22-23-24(16)18/h3-10,16H,1-2H3,(H,20,21,23)/t16-/m0/s1. The summed E-state index contributed by atoms with van der Waals surface area (Å²) < 4.78 is 12.6. The number of methoxy groups -OCH3 is 2. The summed E-state index contributed by atoms with van der Waals surface area (Å²) >= 11 is 6.00. The Labute approximate surface area is 155 Å². The number of nitrogens with one attached hydrogen (secondary N) is 1. The second-order valence-corrected chi connectivity index (χ2v) is 6.15. The van der Waals surface area contributed by atoms with E-state index in [0.29, 0.717) is 11.0 Å². The van der Waals surface area contributed by atoms with Crippen molar-refractivity contribution in [1.29, 1.82) is 0 Å². The molecule has 0 saturated carbocycles. The van der Waals surface area contributed by atoms with E-state index in [0.717, 1.165) is 28.3 Å². The first-order chi connectivity index (χ1) is 12.7. The Morgan fingerprint density at radius 3 is 2.62 bits per heavy atom. The highest BCUT2D eigenvalue weighted by Crippen LogP contribution is 2.37. The van der Waals surface area contributed by atoms with E-state index < -0.39 is 0 Å². The van der Waals surface area contributed by atoms with Gasteiger partial charge in [0.15, 0.2) is 0 Å². The molecule has 1 aromatic heterocycles. The van der Waals surface area contributed by atoms with Gasteiger partial charge in [-0.3, -0.25) is 0 Å². The monoisotopic (exact) mass is 369 g/mol. The van der Waals surface area contributed by atoms with Crippen molar-refractivity contribution < 1.29 is 9.47 Å². The van der Waals surface area contributed by atoms with Crippen LogP contribution in [-0.2, 0) is 0 Å². The van der Waals surface area contributed by atoms with Gasteiger partial charge in [0.2, 0.25) is 5.95 Å². The second kappa shape index (κ2) is 6.68. The van der Waals surface area contributed by atoms with Crippen LogP contribution in [0.4, 0.5) is 5.95 Å². The Morgan fingerprint density at radius 1 is 1.08 bits per heavy atom. The summed E-state index contributed by atoms with van der Waals surface area (Å²) in [7, 11) is 3.27. The molecular formula is C18H16ClN5O2. The summed E-state index contributed by atoms with van der Waals surface area (Å²) in [6.07, 6.45) is 2.05. The number of tetrazole rings is 1. The number of aromatic nitrogens is 4. The molecule has 132 valence electrons. The first-order valence-electron chi connectivity index (χ1n) is 7.94. The lowest BCUT2D eigenvalue weighted by molar-refractivity contribution is 0.393. The molecule has 1 atom stereocenters. The fraction of sp³-hybridized carbons (Fsp3) is 0.167. The molecule has 8 heteroatoms. The third-order valence-corrected chi connectivity index (χ3v) is 4.49.